The Morgan fingerprint density at radius 2 is 1.15 bits per heavy atom. The van der Waals surface area contributed by atoms with Crippen LogP contribution in [0.25, 0.3) is 0 Å². The number of nitrogens with zero attached hydrogens (tertiary/aromatic N) is 2. The molecule has 2 heteroatoms. The van der Waals surface area contributed by atoms with Gasteiger partial charge in [0, 0.05) is 27.2 Å². The zero-order valence-electron chi connectivity index (χ0n) is 13.9. The van der Waals surface area contributed by atoms with Crippen LogP contribution < -0.4 is 9.80 Å². The number of para-hydroxylation sites is 2. The number of benzene rings is 1. The zero-order valence-corrected chi connectivity index (χ0v) is 13.9. The molecule has 0 N–H and O–H groups in total. The Hall–Kier alpha value is -1.18. The Labute approximate surface area is 125 Å². The second kappa shape index (κ2) is 9.68. The summed E-state index contributed by atoms with van der Waals surface area (Å²) in [7, 11) is 4.29. The highest BCUT2D eigenvalue weighted by Gasteiger charge is 2.15. The van der Waals surface area contributed by atoms with Gasteiger partial charge in [-0.25, -0.2) is 0 Å². The molecule has 1 aromatic rings. The normalized spacial score (nSPS) is 13.6. The lowest BCUT2D eigenvalue weighted by atomic mass is 10.1. The minimum absolute atomic E-state index is 1.12. The van der Waals surface area contributed by atoms with Crippen LogP contribution in [0.15, 0.2) is 24.3 Å². The van der Waals surface area contributed by atoms with Crippen molar-refractivity contribution in [1.29, 1.82) is 0 Å². The molecular formula is C18H32N2. The molecule has 0 saturated heterocycles. The monoisotopic (exact) mass is 276 g/mol. The van der Waals surface area contributed by atoms with E-state index in [-0.39, 0.29) is 0 Å². The molecule has 20 heavy (non-hydrogen) atoms. The molecule has 0 bridgehead atoms. The molecule has 0 spiro atoms. The SMILES string of the molecule is CCCCCCCC.CN1CCN(C)c2ccccc21. The number of rotatable bonds is 5. The van der Waals surface area contributed by atoms with Crippen LogP contribution in [-0.4, -0.2) is 27.2 Å². The zero-order chi connectivity index (χ0) is 14.8. The predicted octanol–water partition coefficient (Wildman–Crippen LogP) is 4.94. The Morgan fingerprint density at radius 3 is 1.50 bits per heavy atom. The largest absolute Gasteiger partial charge is 0.371 e. The number of anilines is 2. The van der Waals surface area contributed by atoms with Crippen LogP contribution in [0.4, 0.5) is 11.4 Å². The summed E-state index contributed by atoms with van der Waals surface area (Å²) in [5.74, 6) is 0. The average Bonchev–Trinajstić information content (AvgIpc) is 2.49. The van der Waals surface area contributed by atoms with Crippen LogP contribution >= 0.6 is 0 Å². The molecule has 0 aliphatic carbocycles. The smallest absolute Gasteiger partial charge is 0.0602 e. The summed E-state index contributed by atoms with van der Waals surface area (Å²) in [6.07, 6.45) is 8.49. The lowest BCUT2D eigenvalue weighted by Gasteiger charge is -2.34. The molecule has 0 atom stereocenters. The quantitative estimate of drug-likeness (QED) is 0.703. The van der Waals surface area contributed by atoms with E-state index in [1.807, 2.05) is 0 Å². The topological polar surface area (TPSA) is 6.48 Å². The number of likely N-dealkylation sites (N-methyl/N-ethyl adjacent to an activating group) is 2. The number of fused-ring (bicyclic) bond motifs is 1. The third kappa shape index (κ3) is 5.44. The van der Waals surface area contributed by atoms with E-state index < -0.39 is 0 Å². The van der Waals surface area contributed by atoms with Crippen LogP contribution in [0.1, 0.15) is 52.4 Å². The lowest BCUT2D eigenvalue weighted by Crippen LogP contribution is -2.36. The maximum atomic E-state index is 2.30. The molecule has 0 saturated carbocycles. The molecule has 1 aliphatic heterocycles. The molecule has 1 heterocycles. The van der Waals surface area contributed by atoms with Gasteiger partial charge in [0.15, 0.2) is 0 Å². The molecule has 0 amide bonds. The van der Waals surface area contributed by atoms with E-state index in [4.69, 9.17) is 0 Å². The van der Waals surface area contributed by atoms with Gasteiger partial charge in [0.1, 0.15) is 0 Å². The van der Waals surface area contributed by atoms with E-state index in [0.29, 0.717) is 0 Å². The maximum absolute atomic E-state index is 2.30. The minimum atomic E-state index is 1.12. The van der Waals surface area contributed by atoms with Crippen LogP contribution in [0.5, 0.6) is 0 Å². The summed E-state index contributed by atoms with van der Waals surface area (Å²) in [5, 5.41) is 0. The van der Waals surface area contributed by atoms with Gasteiger partial charge in [0.2, 0.25) is 0 Å². The van der Waals surface area contributed by atoms with Crippen molar-refractivity contribution in [2.24, 2.45) is 0 Å². The summed E-state index contributed by atoms with van der Waals surface area (Å²) in [6.45, 7) is 6.75. The molecule has 0 radical (unpaired) electrons. The van der Waals surface area contributed by atoms with E-state index >= 15 is 0 Å². The Morgan fingerprint density at radius 1 is 0.750 bits per heavy atom. The summed E-state index contributed by atoms with van der Waals surface area (Å²) in [6, 6.07) is 8.53. The number of hydrogen-bond acceptors (Lipinski definition) is 2. The summed E-state index contributed by atoms with van der Waals surface area (Å²) in [4.78, 5) is 4.60. The Bertz CT molecular complexity index is 327. The van der Waals surface area contributed by atoms with Crippen LogP contribution in [0.2, 0.25) is 0 Å². The van der Waals surface area contributed by atoms with Gasteiger partial charge in [-0.05, 0) is 12.1 Å². The predicted molar refractivity (Wildman–Crippen MR) is 92.0 cm³/mol. The molecule has 114 valence electrons. The molecular weight excluding hydrogens is 244 g/mol. The first-order valence-electron chi connectivity index (χ1n) is 8.22. The first-order valence-corrected chi connectivity index (χ1v) is 8.22. The number of hydrogen-bond donors (Lipinski definition) is 0. The molecule has 0 unspecified atom stereocenters. The molecule has 1 aromatic carbocycles. The number of unbranched alkanes of at least 4 members (excludes halogenated alkanes) is 5. The fraction of sp³-hybridized carbons (Fsp3) is 0.667. The molecule has 2 nitrogen and oxygen atoms in total. The van der Waals surface area contributed by atoms with E-state index in [2.05, 4.69) is 62.0 Å². The standard InChI is InChI=1S/C10H14N2.C8H18/c1-11-7-8-12(2)10-6-4-3-5-9(10)11;1-3-5-7-8-6-4-2/h3-6H,7-8H2,1-2H3;3-8H2,1-2H3. The van der Waals surface area contributed by atoms with Crippen molar-refractivity contribution in [2.75, 3.05) is 37.0 Å². The van der Waals surface area contributed by atoms with E-state index in [0.717, 1.165) is 13.1 Å². The van der Waals surface area contributed by atoms with Gasteiger partial charge in [-0.1, -0.05) is 64.5 Å². The maximum Gasteiger partial charge on any atom is 0.0602 e. The second-order valence-electron chi connectivity index (χ2n) is 5.75. The van der Waals surface area contributed by atoms with Crippen LogP contribution in [0.3, 0.4) is 0 Å². The van der Waals surface area contributed by atoms with Gasteiger partial charge in [-0.3, -0.25) is 0 Å². The average molecular weight is 276 g/mol. The van der Waals surface area contributed by atoms with Crippen LogP contribution in [-0.2, 0) is 0 Å². The van der Waals surface area contributed by atoms with Crippen molar-refractivity contribution < 1.29 is 0 Å². The van der Waals surface area contributed by atoms with Gasteiger partial charge in [-0.15, -0.1) is 0 Å². The van der Waals surface area contributed by atoms with E-state index in [1.165, 1.54) is 49.9 Å². The highest BCUT2D eigenvalue weighted by Crippen LogP contribution is 2.30. The van der Waals surface area contributed by atoms with E-state index in [9.17, 15) is 0 Å². The van der Waals surface area contributed by atoms with Gasteiger partial charge in [0.05, 0.1) is 11.4 Å². The fourth-order valence-corrected chi connectivity index (χ4v) is 2.50. The van der Waals surface area contributed by atoms with Gasteiger partial charge in [-0.2, -0.15) is 0 Å². The third-order valence-electron chi connectivity index (χ3n) is 3.93. The highest BCUT2D eigenvalue weighted by atomic mass is 15.2. The van der Waals surface area contributed by atoms with Gasteiger partial charge < -0.3 is 9.80 Å². The van der Waals surface area contributed by atoms with Crippen molar-refractivity contribution in [2.45, 2.75) is 52.4 Å². The highest BCUT2D eigenvalue weighted by molar-refractivity contribution is 5.72. The van der Waals surface area contributed by atoms with Crippen molar-refractivity contribution in [1.82, 2.24) is 0 Å². The summed E-state index contributed by atoms with van der Waals surface area (Å²) >= 11 is 0. The molecule has 0 fully saturated rings. The summed E-state index contributed by atoms with van der Waals surface area (Å²) in [5.41, 5.74) is 2.68. The van der Waals surface area contributed by atoms with E-state index in [1.54, 1.807) is 0 Å². The lowest BCUT2D eigenvalue weighted by molar-refractivity contribution is 0.624. The van der Waals surface area contributed by atoms with Crippen LogP contribution in [0, 0.1) is 0 Å². The fourth-order valence-electron chi connectivity index (χ4n) is 2.50. The first kappa shape index (κ1) is 16.9. The molecule has 2 rings (SSSR count). The second-order valence-corrected chi connectivity index (χ2v) is 5.75. The Kier molecular flexibility index (Phi) is 8.17. The van der Waals surface area contributed by atoms with Gasteiger partial charge >= 0.3 is 0 Å². The first-order chi connectivity index (χ1) is 9.70. The molecule has 0 aromatic heterocycles. The van der Waals surface area contributed by atoms with Crippen molar-refractivity contribution >= 4 is 11.4 Å². The third-order valence-corrected chi connectivity index (χ3v) is 3.93. The minimum Gasteiger partial charge on any atom is -0.371 e. The summed E-state index contributed by atoms with van der Waals surface area (Å²) < 4.78 is 0. The van der Waals surface area contributed by atoms with Crippen molar-refractivity contribution in [3.8, 4) is 0 Å². The van der Waals surface area contributed by atoms with Crippen molar-refractivity contribution in [3.05, 3.63) is 24.3 Å². The van der Waals surface area contributed by atoms with Crippen molar-refractivity contribution in [3.63, 3.8) is 0 Å². The van der Waals surface area contributed by atoms with Gasteiger partial charge in [0.25, 0.3) is 0 Å². The Balaban J connectivity index is 0.000000221. The molecule has 1 aliphatic rings.